The Labute approximate surface area is 169 Å². The fraction of sp³-hybridized carbons (Fsp3) is 0.263. The molecular weight excluding hydrogens is 400 g/mol. The first-order valence-corrected chi connectivity index (χ1v) is 10.1. The molecule has 28 heavy (non-hydrogen) atoms. The second kappa shape index (κ2) is 6.42. The summed E-state index contributed by atoms with van der Waals surface area (Å²) in [6.07, 6.45) is 2.38. The largest absolute Gasteiger partial charge is 0.337 e. The van der Waals surface area contributed by atoms with E-state index in [0.717, 1.165) is 28.2 Å². The van der Waals surface area contributed by atoms with Crippen LogP contribution in [0.1, 0.15) is 29.2 Å². The van der Waals surface area contributed by atoms with Crippen LogP contribution in [0.3, 0.4) is 0 Å². The van der Waals surface area contributed by atoms with E-state index in [9.17, 15) is 9.59 Å². The van der Waals surface area contributed by atoms with Crippen molar-refractivity contribution in [1.29, 1.82) is 0 Å². The van der Waals surface area contributed by atoms with Crippen molar-refractivity contribution in [2.24, 2.45) is 0 Å². The Morgan fingerprint density at radius 3 is 3.07 bits per heavy atom. The Kier molecular flexibility index (Phi) is 3.99. The lowest BCUT2D eigenvalue weighted by atomic mass is 9.80. The van der Waals surface area contributed by atoms with Gasteiger partial charge in [0.05, 0.1) is 0 Å². The predicted octanol–water partition coefficient (Wildman–Crippen LogP) is 3.74. The van der Waals surface area contributed by atoms with Crippen molar-refractivity contribution in [3.05, 3.63) is 57.1 Å². The number of halogens is 1. The molecule has 1 aliphatic heterocycles. The molecule has 1 aliphatic carbocycles. The summed E-state index contributed by atoms with van der Waals surface area (Å²) in [5, 5.41) is 9.38. The minimum Gasteiger partial charge on any atom is -0.337 e. The maximum absolute atomic E-state index is 13.2. The van der Waals surface area contributed by atoms with Gasteiger partial charge < -0.3 is 9.84 Å². The summed E-state index contributed by atoms with van der Waals surface area (Å²) in [4.78, 5) is 32.4. The van der Waals surface area contributed by atoms with Crippen molar-refractivity contribution in [2.45, 2.75) is 31.3 Å². The summed E-state index contributed by atoms with van der Waals surface area (Å²) in [7, 11) is 0. The number of carbonyl (C=O) groups is 2. The molecule has 1 fully saturated rings. The van der Waals surface area contributed by atoms with Gasteiger partial charge in [-0.3, -0.25) is 9.69 Å². The third kappa shape index (κ3) is 2.63. The standard InChI is InChI=1S/C19H15ClN4O3S/c20-12-4-1-3-11(9-12)16-21-15(27-23-16)10-24-17(25)19(22-18(24)26)7-2-5-14-13(19)6-8-28-14/h1,3-4,6,8-9H,2,5,7,10H2,(H,22,26)/t19-/m0/s1. The summed E-state index contributed by atoms with van der Waals surface area (Å²) in [5.74, 6) is 0.285. The number of hydrogen-bond donors (Lipinski definition) is 1. The molecule has 1 spiro atoms. The number of benzene rings is 1. The third-order valence-corrected chi connectivity index (χ3v) is 6.40. The maximum Gasteiger partial charge on any atom is 0.325 e. The number of aryl methyl sites for hydroxylation is 1. The van der Waals surface area contributed by atoms with E-state index in [-0.39, 0.29) is 18.3 Å². The van der Waals surface area contributed by atoms with Gasteiger partial charge in [0.1, 0.15) is 12.1 Å². The number of rotatable bonds is 3. The highest BCUT2D eigenvalue weighted by Gasteiger charge is 2.54. The van der Waals surface area contributed by atoms with E-state index in [1.807, 2.05) is 17.5 Å². The number of nitrogens with one attached hydrogen (secondary N) is 1. The number of hydrogen-bond acceptors (Lipinski definition) is 6. The SMILES string of the molecule is O=C1N[C@]2(CCCc3sccc32)C(=O)N1Cc1nc(-c2cccc(Cl)c2)no1. The molecule has 142 valence electrons. The van der Waals surface area contributed by atoms with Crippen LogP contribution in [0, 0.1) is 0 Å². The van der Waals surface area contributed by atoms with Gasteiger partial charge >= 0.3 is 6.03 Å². The van der Waals surface area contributed by atoms with E-state index in [1.54, 1.807) is 29.5 Å². The molecule has 2 aliphatic rings. The van der Waals surface area contributed by atoms with Gasteiger partial charge in [0.2, 0.25) is 11.7 Å². The van der Waals surface area contributed by atoms with Crippen LogP contribution >= 0.6 is 22.9 Å². The second-order valence-corrected chi connectivity index (χ2v) is 8.30. The van der Waals surface area contributed by atoms with Gasteiger partial charge in [-0.1, -0.05) is 28.9 Å². The van der Waals surface area contributed by atoms with Gasteiger partial charge in [-0.25, -0.2) is 4.79 Å². The molecule has 0 saturated carbocycles. The van der Waals surface area contributed by atoms with Crippen LogP contribution in [-0.4, -0.2) is 27.0 Å². The molecule has 0 radical (unpaired) electrons. The van der Waals surface area contributed by atoms with Gasteiger partial charge in [0, 0.05) is 21.0 Å². The Morgan fingerprint density at radius 1 is 1.32 bits per heavy atom. The normalized spacial score (nSPS) is 21.2. The average molecular weight is 415 g/mol. The number of thiophene rings is 1. The fourth-order valence-electron chi connectivity index (χ4n) is 3.88. The average Bonchev–Trinajstić information content (AvgIpc) is 3.39. The zero-order valence-electron chi connectivity index (χ0n) is 14.6. The molecule has 9 heteroatoms. The summed E-state index contributed by atoms with van der Waals surface area (Å²) in [6.45, 7) is -0.0700. The summed E-state index contributed by atoms with van der Waals surface area (Å²) < 4.78 is 5.27. The van der Waals surface area contributed by atoms with Gasteiger partial charge in [-0.05, 0) is 42.8 Å². The Morgan fingerprint density at radius 2 is 2.21 bits per heavy atom. The highest BCUT2D eigenvalue weighted by Crippen LogP contribution is 2.42. The Bertz CT molecular complexity index is 1090. The number of carbonyl (C=O) groups excluding carboxylic acids is 2. The van der Waals surface area contributed by atoms with Crippen molar-refractivity contribution < 1.29 is 14.1 Å². The van der Waals surface area contributed by atoms with E-state index in [0.29, 0.717) is 22.8 Å². The van der Waals surface area contributed by atoms with Crippen molar-refractivity contribution in [3.8, 4) is 11.4 Å². The van der Waals surface area contributed by atoms with Crippen LogP contribution in [0.2, 0.25) is 5.02 Å². The lowest BCUT2D eigenvalue weighted by molar-refractivity contribution is -0.132. The number of amides is 3. The minimum absolute atomic E-state index is 0.0700. The van der Waals surface area contributed by atoms with E-state index < -0.39 is 11.6 Å². The van der Waals surface area contributed by atoms with Gasteiger partial charge in [0.15, 0.2) is 0 Å². The van der Waals surface area contributed by atoms with Crippen molar-refractivity contribution in [3.63, 3.8) is 0 Å². The first kappa shape index (κ1) is 17.4. The molecule has 1 N–H and O–H groups in total. The van der Waals surface area contributed by atoms with E-state index >= 15 is 0 Å². The molecule has 3 heterocycles. The van der Waals surface area contributed by atoms with E-state index in [1.165, 1.54) is 0 Å². The number of urea groups is 1. The van der Waals surface area contributed by atoms with Gasteiger partial charge in [-0.2, -0.15) is 4.98 Å². The monoisotopic (exact) mass is 414 g/mol. The molecule has 1 aromatic carbocycles. The van der Waals surface area contributed by atoms with Crippen LogP contribution in [0.4, 0.5) is 4.79 Å². The number of fused-ring (bicyclic) bond motifs is 2. The number of imide groups is 1. The van der Waals surface area contributed by atoms with Crippen molar-refractivity contribution >= 4 is 34.9 Å². The lowest BCUT2D eigenvalue weighted by Crippen LogP contribution is -2.46. The van der Waals surface area contributed by atoms with Gasteiger partial charge in [-0.15, -0.1) is 11.3 Å². The minimum atomic E-state index is -0.972. The third-order valence-electron chi connectivity index (χ3n) is 5.18. The van der Waals surface area contributed by atoms with Crippen LogP contribution in [0.25, 0.3) is 11.4 Å². The molecule has 0 bridgehead atoms. The zero-order chi connectivity index (χ0) is 19.3. The summed E-state index contributed by atoms with van der Waals surface area (Å²) >= 11 is 7.62. The van der Waals surface area contributed by atoms with Crippen molar-refractivity contribution in [2.75, 3.05) is 0 Å². The zero-order valence-corrected chi connectivity index (χ0v) is 16.2. The van der Waals surface area contributed by atoms with E-state index in [2.05, 4.69) is 15.5 Å². The first-order chi connectivity index (χ1) is 13.6. The molecule has 1 atom stereocenters. The smallest absolute Gasteiger partial charge is 0.325 e. The highest BCUT2D eigenvalue weighted by atomic mass is 35.5. The highest BCUT2D eigenvalue weighted by molar-refractivity contribution is 7.10. The first-order valence-electron chi connectivity index (χ1n) is 8.86. The van der Waals surface area contributed by atoms with Crippen molar-refractivity contribution in [1.82, 2.24) is 20.4 Å². The maximum atomic E-state index is 13.2. The molecule has 3 amide bonds. The molecule has 1 saturated heterocycles. The second-order valence-electron chi connectivity index (χ2n) is 6.86. The fourth-order valence-corrected chi connectivity index (χ4v) is 5.07. The summed E-state index contributed by atoms with van der Waals surface area (Å²) in [5.41, 5.74) is 0.640. The molecule has 7 nitrogen and oxygen atoms in total. The van der Waals surface area contributed by atoms with Crippen LogP contribution in [0.15, 0.2) is 40.2 Å². The molecule has 5 rings (SSSR count). The topological polar surface area (TPSA) is 88.3 Å². The molecule has 0 unspecified atom stereocenters. The van der Waals surface area contributed by atoms with E-state index in [4.69, 9.17) is 16.1 Å². The predicted molar refractivity (Wildman–Crippen MR) is 103 cm³/mol. The number of nitrogens with zero attached hydrogens (tertiary/aromatic N) is 3. The Balaban J connectivity index is 1.42. The molecule has 3 aromatic rings. The molecular formula is C19H15ClN4O3S. The number of aromatic nitrogens is 2. The summed E-state index contributed by atoms with van der Waals surface area (Å²) in [6, 6.07) is 8.57. The van der Waals surface area contributed by atoms with Crippen LogP contribution < -0.4 is 5.32 Å². The quantitative estimate of drug-likeness (QED) is 0.659. The van der Waals surface area contributed by atoms with Crippen LogP contribution in [0.5, 0.6) is 0 Å². The molecule has 2 aromatic heterocycles. The van der Waals surface area contributed by atoms with Gasteiger partial charge in [0.25, 0.3) is 5.91 Å². The van der Waals surface area contributed by atoms with Crippen LogP contribution in [-0.2, 0) is 23.3 Å². The lowest BCUT2D eigenvalue weighted by Gasteiger charge is -2.31. The Hall–Kier alpha value is -2.71.